The van der Waals surface area contributed by atoms with E-state index in [4.69, 9.17) is 9.47 Å². The van der Waals surface area contributed by atoms with E-state index < -0.39 is 35.3 Å². The van der Waals surface area contributed by atoms with Crippen LogP contribution >= 0.6 is 0 Å². The monoisotopic (exact) mass is 306 g/mol. The molecule has 2 saturated heterocycles. The number of hydrogen-bond acceptors (Lipinski definition) is 5. The van der Waals surface area contributed by atoms with Gasteiger partial charge in [0.25, 0.3) is 5.56 Å². The number of aromatic amines is 1. The Bertz CT molecular complexity index is 766. The number of aromatic nitrogens is 2. The number of aliphatic hydroxyl groups excluding tert-OH is 1. The van der Waals surface area contributed by atoms with E-state index in [1.165, 1.54) is 10.8 Å². The van der Waals surface area contributed by atoms with Crippen LogP contribution in [0, 0.1) is 12.8 Å². The minimum Gasteiger partial charge on any atom is -0.387 e. The second-order valence-corrected chi connectivity index (χ2v) is 6.33. The molecule has 2 fully saturated rings. The van der Waals surface area contributed by atoms with Crippen molar-refractivity contribution in [1.29, 1.82) is 0 Å². The summed E-state index contributed by atoms with van der Waals surface area (Å²) in [5.74, 6) is -0.0178. The second kappa shape index (κ2) is 4.41. The summed E-state index contributed by atoms with van der Waals surface area (Å²) in [7, 11) is 0. The maximum Gasteiger partial charge on any atom is 0.330 e. The molecule has 0 aromatic carbocycles. The molecule has 7 nitrogen and oxygen atoms in total. The molecule has 118 valence electrons. The zero-order valence-corrected chi connectivity index (χ0v) is 12.4. The summed E-state index contributed by atoms with van der Waals surface area (Å²) in [6.07, 6.45) is 3.82. The van der Waals surface area contributed by atoms with Crippen LogP contribution in [0.1, 0.15) is 25.1 Å². The molecule has 1 aromatic rings. The lowest BCUT2D eigenvalue weighted by Gasteiger charge is -2.42. The number of aliphatic hydroxyl groups is 1. The predicted molar refractivity (Wildman–Crippen MR) is 76.5 cm³/mol. The van der Waals surface area contributed by atoms with Crippen molar-refractivity contribution in [2.75, 3.05) is 0 Å². The molecule has 0 amide bonds. The molecular weight excluding hydrogens is 288 g/mol. The maximum atomic E-state index is 12.1. The van der Waals surface area contributed by atoms with E-state index >= 15 is 0 Å². The van der Waals surface area contributed by atoms with Gasteiger partial charge in [-0.25, -0.2) is 4.79 Å². The third kappa shape index (κ3) is 1.56. The average molecular weight is 306 g/mol. The van der Waals surface area contributed by atoms with Gasteiger partial charge in [-0.15, -0.1) is 0 Å². The average Bonchev–Trinajstić information content (AvgIpc) is 2.92. The van der Waals surface area contributed by atoms with E-state index in [-0.39, 0.29) is 12.0 Å². The summed E-state index contributed by atoms with van der Waals surface area (Å²) >= 11 is 0. The number of ether oxygens (including phenoxy) is 2. The van der Waals surface area contributed by atoms with E-state index in [0.29, 0.717) is 12.0 Å². The second-order valence-electron chi connectivity index (χ2n) is 6.33. The summed E-state index contributed by atoms with van der Waals surface area (Å²) in [4.78, 5) is 25.8. The van der Waals surface area contributed by atoms with Crippen LogP contribution in [0.15, 0.2) is 27.9 Å². The molecule has 3 aliphatic rings. The third-order valence-corrected chi connectivity index (χ3v) is 5.11. The molecule has 7 heteroatoms. The predicted octanol–water partition coefficient (Wildman–Crippen LogP) is -0.163. The van der Waals surface area contributed by atoms with Crippen LogP contribution in [0.25, 0.3) is 0 Å². The lowest BCUT2D eigenvalue weighted by molar-refractivity contribution is -0.225. The number of nitrogens with one attached hydrogen (secondary N) is 1. The summed E-state index contributed by atoms with van der Waals surface area (Å²) in [5, 5.41) is 10.7. The number of nitrogens with zero attached hydrogens (tertiary/aromatic N) is 1. The van der Waals surface area contributed by atoms with Crippen LogP contribution in [0.3, 0.4) is 0 Å². The molecule has 6 atom stereocenters. The number of H-pyrrole nitrogens is 1. The Kier molecular flexibility index (Phi) is 2.79. The molecule has 3 heterocycles. The molecule has 0 radical (unpaired) electrons. The Labute approximate surface area is 126 Å². The van der Waals surface area contributed by atoms with E-state index in [1.54, 1.807) is 6.92 Å². The largest absolute Gasteiger partial charge is 0.387 e. The first-order valence-electron chi connectivity index (χ1n) is 7.45. The zero-order chi connectivity index (χ0) is 15.6. The van der Waals surface area contributed by atoms with E-state index in [2.05, 4.69) is 4.98 Å². The molecule has 2 aliphatic heterocycles. The first kappa shape index (κ1) is 13.9. The molecule has 22 heavy (non-hydrogen) atoms. The molecule has 0 saturated carbocycles. The highest BCUT2D eigenvalue weighted by Gasteiger charge is 2.68. The Morgan fingerprint density at radius 1 is 1.45 bits per heavy atom. The minimum absolute atomic E-state index is 0.0178. The van der Waals surface area contributed by atoms with Gasteiger partial charge in [0.1, 0.15) is 17.8 Å². The van der Waals surface area contributed by atoms with Gasteiger partial charge in [-0.3, -0.25) is 14.3 Å². The quantitative estimate of drug-likeness (QED) is 0.703. The van der Waals surface area contributed by atoms with Crippen molar-refractivity contribution < 1.29 is 14.6 Å². The first-order chi connectivity index (χ1) is 10.4. The fraction of sp³-hybridized carbons (Fsp3) is 0.600. The van der Waals surface area contributed by atoms with Crippen molar-refractivity contribution >= 4 is 0 Å². The fourth-order valence-electron chi connectivity index (χ4n) is 3.92. The van der Waals surface area contributed by atoms with Crippen molar-refractivity contribution in [2.45, 2.75) is 50.4 Å². The fourth-order valence-corrected chi connectivity index (χ4v) is 3.92. The molecule has 2 bridgehead atoms. The highest BCUT2D eigenvalue weighted by molar-refractivity contribution is 5.21. The first-order valence-corrected chi connectivity index (χ1v) is 7.45. The van der Waals surface area contributed by atoms with Crippen molar-refractivity contribution in [1.82, 2.24) is 9.55 Å². The molecule has 1 aliphatic carbocycles. The standard InChI is InChI=1S/C15H18N2O5/c1-7-6-17(14(20)16-12(7)19)13-10-11(18)15(22-13)8(2)4-3-5-9(15)21-10/h3-4,6,8-11,13,18H,5H2,1-2H3,(H,16,19,20)/t8-,9+,10-,11+,13-,15+/m1/s1. The molecule has 2 N–H and O–H groups in total. The number of aryl methyl sites for hydroxylation is 1. The highest BCUT2D eigenvalue weighted by Crippen LogP contribution is 2.54. The van der Waals surface area contributed by atoms with Gasteiger partial charge in [0.05, 0.1) is 6.10 Å². The van der Waals surface area contributed by atoms with Crippen LogP contribution in [0.2, 0.25) is 0 Å². The lowest BCUT2D eigenvalue weighted by Crippen LogP contribution is -2.53. The Balaban J connectivity index is 1.79. The number of hydrogen-bond donors (Lipinski definition) is 2. The smallest absolute Gasteiger partial charge is 0.330 e. The van der Waals surface area contributed by atoms with E-state index in [9.17, 15) is 14.7 Å². The molecular formula is C15H18N2O5. The third-order valence-electron chi connectivity index (χ3n) is 5.11. The van der Waals surface area contributed by atoms with Crippen LogP contribution < -0.4 is 11.2 Å². The van der Waals surface area contributed by atoms with Gasteiger partial charge in [0.15, 0.2) is 6.23 Å². The van der Waals surface area contributed by atoms with Gasteiger partial charge in [0, 0.05) is 17.7 Å². The van der Waals surface area contributed by atoms with Gasteiger partial charge in [-0.1, -0.05) is 19.1 Å². The van der Waals surface area contributed by atoms with Crippen LogP contribution in [-0.4, -0.2) is 38.6 Å². The van der Waals surface area contributed by atoms with Crippen molar-refractivity contribution in [2.24, 2.45) is 5.92 Å². The zero-order valence-electron chi connectivity index (χ0n) is 12.4. The summed E-state index contributed by atoms with van der Waals surface area (Å²) in [6.45, 7) is 3.59. The van der Waals surface area contributed by atoms with Gasteiger partial charge < -0.3 is 14.6 Å². The van der Waals surface area contributed by atoms with Crippen LogP contribution in [-0.2, 0) is 9.47 Å². The number of rotatable bonds is 1. The minimum atomic E-state index is -0.826. The van der Waals surface area contributed by atoms with Crippen molar-refractivity contribution in [3.8, 4) is 0 Å². The van der Waals surface area contributed by atoms with Crippen LogP contribution in [0.5, 0.6) is 0 Å². The normalized spacial score (nSPS) is 42.6. The number of fused-ring (bicyclic) bond motifs is 1. The van der Waals surface area contributed by atoms with Gasteiger partial charge in [-0.2, -0.15) is 0 Å². The van der Waals surface area contributed by atoms with Crippen molar-refractivity contribution in [3.05, 3.63) is 44.8 Å². The van der Waals surface area contributed by atoms with Crippen molar-refractivity contribution in [3.63, 3.8) is 0 Å². The van der Waals surface area contributed by atoms with Gasteiger partial charge in [-0.05, 0) is 13.3 Å². The van der Waals surface area contributed by atoms with E-state index in [1.807, 2.05) is 19.1 Å². The Hall–Kier alpha value is -1.70. The van der Waals surface area contributed by atoms with Crippen LogP contribution in [0.4, 0.5) is 0 Å². The maximum absolute atomic E-state index is 12.1. The Morgan fingerprint density at radius 2 is 2.23 bits per heavy atom. The highest BCUT2D eigenvalue weighted by atomic mass is 16.7. The SMILES string of the molecule is Cc1cn([C@@H]2O[C@@]34[C@H](C)C=CC[C@@H]3O[C@@H]2[C@@H]4O)c(=O)[nH]c1=O. The molecule has 1 spiro atoms. The summed E-state index contributed by atoms with van der Waals surface area (Å²) in [6, 6.07) is 0. The van der Waals surface area contributed by atoms with E-state index in [0.717, 1.165) is 0 Å². The molecule has 4 rings (SSSR count). The van der Waals surface area contributed by atoms with Gasteiger partial charge >= 0.3 is 5.69 Å². The Morgan fingerprint density at radius 3 is 3.00 bits per heavy atom. The molecule has 1 aromatic heterocycles. The topological polar surface area (TPSA) is 93.6 Å². The lowest BCUT2D eigenvalue weighted by atomic mass is 9.76. The van der Waals surface area contributed by atoms with Gasteiger partial charge in [0.2, 0.25) is 0 Å². The summed E-state index contributed by atoms with van der Waals surface area (Å²) in [5.41, 5.74) is -1.40. The molecule has 0 unspecified atom stereocenters. The summed E-state index contributed by atoms with van der Waals surface area (Å²) < 4.78 is 13.4.